The molecule has 34 heavy (non-hydrogen) atoms. The number of Topliss-reactive ketones (excluding diaryl/α,β-unsaturated/α-hetero) is 1. The summed E-state index contributed by atoms with van der Waals surface area (Å²) in [4.78, 5) is 28.5. The van der Waals surface area contributed by atoms with Gasteiger partial charge >= 0.3 is 6.09 Å². The average Bonchev–Trinajstić information content (AvgIpc) is 3.51. The SMILES string of the molecule is CN(CCN)C(=O)Oc1ccc2c3c1O[C@H]1C(=O)CC[C@@]4(O)[C@@H](C2)[NH+](CC2CC2)CC[C@]314.Cl.[Cl-]. The number of hydrogen-bond donors (Lipinski definition) is 3. The summed E-state index contributed by atoms with van der Waals surface area (Å²) in [7, 11) is 1.64. The maximum absolute atomic E-state index is 13.1. The van der Waals surface area contributed by atoms with Gasteiger partial charge in [0.15, 0.2) is 23.4 Å². The number of ketones is 1. The Morgan fingerprint density at radius 3 is 2.82 bits per heavy atom. The number of nitrogens with zero attached hydrogens (tertiary/aromatic N) is 1. The van der Waals surface area contributed by atoms with Gasteiger partial charge in [-0.15, -0.1) is 12.4 Å². The summed E-state index contributed by atoms with van der Waals surface area (Å²) >= 11 is 0. The van der Waals surface area contributed by atoms with E-state index in [1.807, 2.05) is 6.07 Å². The van der Waals surface area contributed by atoms with Gasteiger partial charge in [-0.1, -0.05) is 6.07 Å². The fourth-order valence-electron chi connectivity index (χ4n) is 7.02. The molecule has 3 aliphatic carbocycles. The molecule has 1 amide bonds. The van der Waals surface area contributed by atoms with Crippen LogP contribution in [0.5, 0.6) is 11.5 Å². The van der Waals surface area contributed by atoms with Gasteiger partial charge in [0.2, 0.25) is 0 Å². The second kappa shape index (κ2) is 8.82. The van der Waals surface area contributed by atoms with E-state index in [2.05, 4.69) is 0 Å². The topological polar surface area (TPSA) is 107 Å². The Labute approximate surface area is 211 Å². The van der Waals surface area contributed by atoms with Crippen LogP contribution in [0, 0.1) is 5.92 Å². The van der Waals surface area contributed by atoms with Crippen LogP contribution in [0.1, 0.15) is 43.2 Å². The molecule has 8 nitrogen and oxygen atoms in total. The summed E-state index contributed by atoms with van der Waals surface area (Å²) < 4.78 is 12.0. The van der Waals surface area contributed by atoms with Crippen LogP contribution in [-0.2, 0) is 16.6 Å². The van der Waals surface area contributed by atoms with Crippen LogP contribution in [0.4, 0.5) is 4.79 Å². The number of nitrogens with two attached hydrogens (primary N) is 1. The highest BCUT2D eigenvalue weighted by atomic mass is 35.5. The molecule has 0 radical (unpaired) electrons. The van der Waals surface area contributed by atoms with E-state index in [0.717, 1.165) is 36.6 Å². The molecule has 0 aromatic heterocycles. The number of likely N-dealkylation sites (tertiary alicyclic amines) is 1. The van der Waals surface area contributed by atoms with Crippen LogP contribution in [0.2, 0.25) is 0 Å². The summed E-state index contributed by atoms with van der Waals surface area (Å²) in [6.07, 6.45) is 3.64. The number of likely N-dealkylation sites (N-methyl/N-ethyl adjacent to an activating group) is 1. The van der Waals surface area contributed by atoms with E-state index in [4.69, 9.17) is 15.2 Å². The Morgan fingerprint density at radius 1 is 1.35 bits per heavy atom. The molecule has 2 heterocycles. The highest BCUT2D eigenvalue weighted by molar-refractivity contribution is 5.90. The zero-order valence-corrected chi connectivity index (χ0v) is 20.9. The number of rotatable bonds is 5. The molecule has 10 heteroatoms. The third-order valence-corrected chi connectivity index (χ3v) is 8.71. The van der Waals surface area contributed by atoms with Crippen LogP contribution < -0.4 is 32.5 Å². The zero-order valence-electron chi connectivity index (χ0n) is 19.3. The quantitative estimate of drug-likeness (QED) is 0.393. The van der Waals surface area contributed by atoms with Crippen molar-refractivity contribution >= 4 is 24.3 Å². The molecule has 5 atom stereocenters. The molecule has 6 rings (SSSR count). The van der Waals surface area contributed by atoms with Gasteiger partial charge in [0, 0.05) is 50.9 Å². The predicted molar refractivity (Wildman–Crippen MR) is 122 cm³/mol. The largest absolute Gasteiger partial charge is 1.00 e. The number of amides is 1. The molecule has 2 bridgehead atoms. The first-order valence-electron chi connectivity index (χ1n) is 11.9. The van der Waals surface area contributed by atoms with Crippen molar-refractivity contribution in [2.24, 2.45) is 11.7 Å². The van der Waals surface area contributed by atoms with Gasteiger partial charge in [0.05, 0.1) is 18.5 Å². The monoisotopic (exact) mass is 513 g/mol. The number of ether oxygens (including phenoxy) is 2. The first kappa shape index (κ1) is 25.5. The van der Waals surface area contributed by atoms with Crippen molar-refractivity contribution in [1.29, 1.82) is 0 Å². The Hall–Kier alpha value is -1.58. The van der Waals surface area contributed by atoms with Crippen molar-refractivity contribution in [3.8, 4) is 11.5 Å². The standard InChI is InChI=1S/C24H31N3O5.2ClH/c1-26(11-9-25)22(29)31-17-5-4-15-12-18-24(30)7-6-16(28)21-23(24,19(15)20(17)32-21)8-10-27(18)13-14-2-3-14;;/h4-5,14,18,21,30H,2-3,6-13,25H2,1H3;2*1H/t18-,21+,23+,24-;;/m1../s1. The summed E-state index contributed by atoms with van der Waals surface area (Å²) in [5.74, 6) is 1.61. The number of piperidine rings is 1. The second-order valence-corrected chi connectivity index (χ2v) is 10.4. The zero-order chi connectivity index (χ0) is 22.3. The van der Waals surface area contributed by atoms with Crippen molar-refractivity contribution in [3.63, 3.8) is 0 Å². The third kappa shape index (κ3) is 3.37. The van der Waals surface area contributed by atoms with E-state index in [0.29, 0.717) is 43.9 Å². The number of nitrogens with one attached hydrogen (secondary N) is 1. The summed E-state index contributed by atoms with van der Waals surface area (Å²) in [6, 6.07) is 3.85. The van der Waals surface area contributed by atoms with Crippen molar-refractivity contribution in [2.75, 3.05) is 33.2 Å². The molecule has 2 saturated carbocycles. The van der Waals surface area contributed by atoms with E-state index < -0.39 is 23.2 Å². The lowest BCUT2D eigenvalue weighted by Crippen LogP contribution is -3.21. The van der Waals surface area contributed by atoms with E-state index >= 15 is 0 Å². The van der Waals surface area contributed by atoms with Crippen LogP contribution in [0.3, 0.4) is 0 Å². The van der Waals surface area contributed by atoms with Crippen molar-refractivity contribution < 1.29 is 41.5 Å². The first-order chi connectivity index (χ1) is 15.4. The second-order valence-electron chi connectivity index (χ2n) is 10.4. The number of benzene rings is 1. The maximum Gasteiger partial charge on any atom is 0.415 e. The van der Waals surface area contributed by atoms with E-state index in [1.165, 1.54) is 22.6 Å². The molecule has 1 aromatic carbocycles. The molecule has 188 valence electrons. The molecule has 1 saturated heterocycles. The van der Waals surface area contributed by atoms with Gasteiger partial charge in [0.25, 0.3) is 0 Å². The van der Waals surface area contributed by atoms with Crippen LogP contribution >= 0.6 is 12.4 Å². The summed E-state index contributed by atoms with van der Waals surface area (Å²) in [6.45, 7) is 2.76. The Bertz CT molecular complexity index is 1010. The summed E-state index contributed by atoms with van der Waals surface area (Å²) in [5, 5.41) is 12.3. The van der Waals surface area contributed by atoms with E-state index in [1.54, 1.807) is 13.1 Å². The third-order valence-electron chi connectivity index (χ3n) is 8.71. The molecule has 1 unspecified atom stereocenters. The van der Waals surface area contributed by atoms with Crippen LogP contribution in [-0.4, -0.2) is 72.9 Å². The first-order valence-corrected chi connectivity index (χ1v) is 11.9. The highest BCUT2D eigenvalue weighted by Gasteiger charge is 2.75. The highest BCUT2D eigenvalue weighted by Crippen LogP contribution is 2.63. The van der Waals surface area contributed by atoms with E-state index in [9.17, 15) is 14.7 Å². The van der Waals surface area contributed by atoms with Crippen LogP contribution in [0.25, 0.3) is 0 Å². The van der Waals surface area contributed by atoms with Crippen molar-refractivity contribution in [3.05, 3.63) is 23.3 Å². The normalized spacial score (nSPS) is 34.2. The molecule has 2 aliphatic heterocycles. The van der Waals surface area contributed by atoms with Crippen LogP contribution in [0.15, 0.2) is 12.1 Å². The Morgan fingerprint density at radius 2 is 2.12 bits per heavy atom. The molecule has 1 aromatic rings. The van der Waals surface area contributed by atoms with E-state index in [-0.39, 0.29) is 36.6 Å². The lowest BCUT2D eigenvalue weighted by Gasteiger charge is -2.60. The van der Waals surface area contributed by atoms with Gasteiger partial charge in [0.1, 0.15) is 11.6 Å². The fraction of sp³-hybridized carbons (Fsp3) is 0.667. The van der Waals surface area contributed by atoms with Crippen molar-refractivity contribution in [1.82, 2.24) is 4.90 Å². The number of carbonyl (C=O) groups is 2. The predicted octanol–water partition coefficient (Wildman–Crippen LogP) is -2.78. The van der Waals surface area contributed by atoms with Gasteiger partial charge < -0.3 is 42.5 Å². The lowest BCUT2D eigenvalue weighted by molar-refractivity contribution is -0.943. The minimum Gasteiger partial charge on any atom is -1.00 e. The van der Waals surface area contributed by atoms with Gasteiger partial charge in [-0.25, -0.2) is 4.79 Å². The number of hydrogen-bond acceptors (Lipinski definition) is 6. The Kier molecular flexibility index (Phi) is 6.62. The molecule has 4 N–H and O–H groups in total. The molecule has 5 aliphatic rings. The Balaban J connectivity index is 0.00000137. The maximum atomic E-state index is 13.1. The molecular weight excluding hydrogens is 481 g/mol. The minimum atomic E-state index is -0.981. The number of carbonyl (C=O) groups excluding carboxylic acids is 2. The fourth-order valence-corrected chi connectivity index (χ4v) is 7.02. The molecule has 3 fully saturated rings. The molecular formula is C24H33Cl2N3O5. The van der Waals surface area contributed by atoms with Gasteiger partial charge in [-0.2, -0.15) is 0 Å². The number of aliphatic hydroxyl groups is 1. The smallest absolute Gasteiger partial charge is 0.415 e. The minimum absolute atomic E-state index is 0. The van der Waals surface area contributed by atoms with Gasteiger partial charge in [-0.3, -0.25) is 4.79 Å². The summed E-state index contributed by atoms with van der Waals surface area (Å²) in [5.41, 5.74) is 5.87. The molecule has 1 spiro atoms. The number of quaternary nitrogens is 1. The average molecular weight is 514 g/mol. The van der Waals surface area contributed by atoms with Crippen molar-refractivity contribution in [2.45, 2.75) is 61.7 Å². The number of halogens is 2. The lowest BCUT2D eigenvalue weighted by atomic mass is 9.49. The van der Waals surface area contributed by atoms with Gasteiger partial charge in [-0.05, 0) is 30.9 Å².